The van der Waals surface area contributed by atoms with Crippen molar-refractivity contribution in [3.05, 3.63) is 17.0 Å². The molecule has 0 fully saturated rings. The molecule has 17 heavy (non-hydrogen) atoms. The number of hydrogen-bond donors (Lipinski definition) is 3. The van der Waals surface area contributed by atoms with Crippen LogP contribution in [0.3, 0.4) is 0 Å². The van der Waals surface area contributed by atoms with Crippen LogP contribution in [-0.2, 0) is 0 Å². The summed E-state index contributed by atoms with van der Waals surface area (Å²) in [7, 11) is 0. The summed E-state index contributed by atoms with van der Waals surface area (Å²) in [5.74, 6) is -1.05. The van der Waals surface area contributed by atoms with Gasteiger partial charge in [-0.2, -0.15) is 0 Å². The number of rotatable bonds is 4. The Labute approximate surface area is 104 Å². The fourth-order valence-corrected chi connectivity index (χ4v) is 1.88. The second-order valence-electron chi connectivity index (χ2n) is 4.29. The van der Waals surface area contributed by atoms with E-state index in [9.17, 15) is 9.59 Å². The highest BCUT2D eigenvalue weighted by molar-refractivity contribution is 7.14. The largest absolute Gasteiger partial charge is 0.478 e. The first-order chi connectivity index (χ1) is 7.85. The van der Waals surface area contributed by atoms with Crippen molar-refractivity contribution >= 4 is 28.3 Å². The molecule has 1 rings (SSSR count). The number of carboxylic acid groups (broad SMARTS) is 1. The number of carbonyl (C=O) groups excluding carboxylic acids is 1. The first kappa shape index (κ1) is 13.5. The van der Waals surface area contributed by atoms with Crippen molar-refractivity contribution in [2.45, 2.75) is 32.7 Å². The second-order valence-corrected chi connectivity index (χ2v) is 5.20. The molecule has 0 saturated carbocycles. The van der Waals surface area contributed by atoms with E-state index in [1.165, 1.54) is 17.4 Å². The molecule has 0 atom stereocenters. The fraction of sp³-hybridized carbons (Fsp3) is 0.455. The van der Waals surface area contributed by atoms with Crippen LogP contribution in [-0.4, -0.2) is 22.6 Å². The Hall–Kier alpha value is -1.56. The third kappa shape index (κ3) is 3.74. The maximum Gasteiger partial charge on any atom is 0.338 e. The lowest BCUT2D eigenvalue weighted by Crippen LogP contribution is -2.45. The summed E-state index contributed by atoms with van der Waals surface area (Å²) < 4.78 is 0. The van der Waals surface area contributed by atoms with Gasteiger partial charge in [-0.15, -0.1) is 11.3 Å². The molecule has 94 valence electrons. The third-order valence-corrected chi connectivity index (χ3v) is 3.29. The number of urea groups is 1. The first-order valence-corrected chi connectivity index (χ1v) is 6.13. The van der Waals surface area contributed by atoms with Crippen LogP contribution in [0.15, 0.2) is 11.4 Å². The first-order valence-electron chi connectivity index (χ1n) is 5.25. The highest BCUT2D eigenvalue weighted by Gasteiger charge is 2.19. The highest BCUT2D eigenvalue weighted by Crippen LogP contribution is 2.23. The Kier molecular flexibility index (Phi) is 4.11. The molecule has 2 amide bonds. The minimum atomic E-state index is -1.05. The molecule has 0 radical (unpaired) electrons. The zero-order valence-corrected chi connectivity index (χ0v) is 10.9. The van der Waals surface area contributed by atoms with Crippen LogP contribution in [0.5, 0.6) is 0 Å². The zero-order chi connectivity index (χ0) is 13.1. The third-order valence-electron chi connectivity index (χ3n) is 2.46. The van der Waals surface area contributed by atoms with E-state index in [2.05, 4.69) is 10.6 Å². The van der Waals surface area contributed by atoms with Gasteiger partial charge in [-0.05, 0) is 31.7 Å². The van der Waals surface area contributed by atoms with E-state index < -0.39 is 5.97 Å². The van der Waals surface area contributed by atoms with Crippen molar-refractivity contribution in [1.29, 1.82) is 0 Å². The van der Waals surface area contributed by atoms with Gasteiger partial charge in [0.05, 0.1) is 5.56 Å². The van der Waals surface area contributed by atoms with Crippen LogP contribution >= 0.6 is 11.3 Å². The Bertz CT molecular complexity index is 426. The molecule has 6 heteroatoms. The average Bonchev–Trinajstić information content (AvgIpc) is 2.65. The molecule has 1 aromatic heterocycles. The van der Waals surface area contributed by atoms with E-state index in [1.807, 2.05) is 20.8 Å². The molecular weight excluding hydrogens is 240 g/mol. The molecule has 0 aliphatic rings. The summed E-state index contributed by atoms with van der Waals surface area (Å²) in [5.41, 5.74) is -0.204. The van der Waals surface area contributed by atoms with Gasteiger partial charge in [-0.1, -0.05) is 6.92 Å². The second kappa shape index (κ2) is 5.18. The summed E-state index contributed by atoms with van der Waals surface area (Å²) >= 11 is 1.19. The van der Waals surface area contributed by atoms with Gasteiger partial charge in [0, 0.05) is 5.54 Å². The van der Waals surface area contributed by atoms with Crippen molar-refractivity contribution < 1.29 is 14.7 Å². The maximum absolute atomic E-state index is 11.7. The number of amides is 2. The SMILES string of the molecule is CCC(C)(C)NC(=O)Nc1sccc1C(=O)O. The molecule has 0 aromatic carbocycles. The molecule has 3 N–H and O–H groups in total. The van der Waals surface area contributed by atoms with Gasteiger partial charge < -0.3 is 10.4 Å². The molecule has 0 saturated heterocycles. The molecule has 0 unspecified atom stereocenters. The van der Waals surface area contributed by atoms with E-state index >= 15 is 0 Å². The van der Waals surface area contributed by atoms with Gasteiger partial charge in [0.15, 0.2) is 0 Å². The Morgan fingerprint density at radius 3 is 2.65 bits per heavy atom. The van der Waals surface area contributed by atoms with Gasteiger partial charge in [-0.25, -0.2) is 9.59 Å². The van der Waals surface area contributed by atoms with Crippen molar-refractivity contribution in [1.82, 2.24) is 5.32 Å². The fourth-order valence-electron chi connectivity index (χ4n) is 1.10. The maximum atomic E-state index is 11.7. The van der Waals surface area contributed by atoms with E-state index in [0.717, 1.165) is 6.42 Å². The van der Waals surface area contributed by atoms with E-state index in [4.69, 9.17) is 5.11 Å². The van der Waals surface area contributed by atoms with Crippen LogP contribution in [0.1, 0.15) is 37.6 Å². The van der Waals surface area contributed by atoms with Gasteiger partial charge >= 0.3 is 12.0 Å². The van der Waals surface area contributed by atoms with Crippen LogP contribution in [0.2, 0.25) is 0 Å². The molecule has 0 aliphatic heterocycles. The monoisotopic (exact) mass is 256 g/mol. The smallest absolute Gasteiger partial charge is 0.338 e. The summed E-state index contributed by atoms with van der Waals surface area (Å²) in [6, 6.07) is 1.08. The lowest BCUT2D eigenvalue weighted by molar-refractivity contribution is 0.0698. The average molecular weight is 256 g/mol. The Morgan fingerprint density at radius 2 is 2.12 bits per heavy atom. The Morgan fingerprint density at radius 1 is 1.47 bits per heavy atom. The summed E-state index contributed by atoms with van der Waals surface area (Å²) in [6.45, 7) is 5.77. The van der Waals surface area contributed by atoms with Crippen molar-refractivity contribution in [3.63, 3.8) is 0 Å². The predicted molar refractivity (Wildman–Crippen MR) is 67.8 cm³/mol. The van der Waals surface area contributed by atoms with E-state index in [1.54, 1.807) is 5.38 Å². The van der Waals surface area contributed by atoms with Crippen LogP contribution in [0.4, 0.5) is 9.80 Å². The van der Waals surface area contributed by atoms with Crippen LogP contribution < -0.4 is 10.6 Å². The number of carbonyl (C=O) groups is 2. The topological polar surface area (TPSA) is 78.4 Å². The number of thiophene rings is 1. The normalized spacial score (nSPS) is 11.0. The minimum absolute atomic E-state index is 0.111. The minimum Gasteiger partial charge on any atom is -0.478 e. The number of anilines is 1. The lowest BCUT2D eigenvalue weighted by Gasteiger charge is -2.24. The van der Waals surface area contributed by atoms with Gasteiger partial charge in [0.25, 0.3) is 0 Å². The number of nitrogens with one attached hydrogen (secondary N) is 2. The number of hydrogen-bond acceptors (Lipinski definition) is 3. The quantitative estimate of drug-likeness (QED) is 0.775. The molecular formula is C11H16N2O3S. The standard InChI is InChI=1S/C11H16N2O3S/c1-4-11(2,3)13-10(16)12-8-7(9(14)15)5-6-17-8/h5-6H,4H2,1-3H3,(H,14,15)(H2,12,13,16). The number of aromatic carboxylic acids is 1. The Balaban J connectivity index is 2.69. The van der Waals surface area contributed by atoms with Crippen molar-refractivity contribution in [3.8, 4) is 0 Å². The van der Waals surface area contributed by atoms with E-state index in [0.29, 0.717) is 5.00 Å². The molecule has 0 bridgehead atoms. The summed E-state index contributed by atoms with van der Waals surface area (Å²) in [5, 5.41) is 16.2. The van der Waals surface area contributed by atoms with E-state index in [-0.39, 0.29) is 17.1 Å². The molecule has 5 nitrogen and oxygen atoms in total. The predicted octanol–water partition coefficient (Wildman–Crippen LogP) is 2.76. The van der Waals surface area contributed by atoms with Crippen LogP contribution in [0.25, 0.3) is 0 Å². The molecule has 0 aliphatic carbocycles. The zero-order valence-electron chi connectivity index (χ0n) is 10.0. The summed E-state index contributed by atoms with van der Waals surface area (Å²) in [6.07, 6.45) is 0.788. The summed E-state index contributed by atoms with van der Waals surface area (Å²) in [4.78, 5) is 22.5. The lowest BCUT2D eigenvalue weighted by atomic mass is 10.0. The van der Waals surface area contributed by atoms with Crippen molar-refractivity contribution in [2.75, 3.05) is 5.32 Å². The highest BCUT2D eigenvalue weighted by atomic mass is 32.1. The van der Waals surface area contributed by atoms with Gasteiger partial charge in [-0.3, -0.25) is 5.32 Å². The van der Waals surface area contributed by atoms with Crippen molar-refractivity contribution in [2.24, 2.45) is 0 Å². The molecule has 1 heterocycles. The number of carboxylic acids is 1. The van der Waals surface area contributed by atoms with Gasteiger partial charge in [0.1, 0.15) is 5.00 Å². The van der Waals surface area contributed by atoms with Crippen LogP contribution in [0, 0.1) is 0 Å². The van der Waals surface area contributed by atoms with Gasteiger partial charge in [0.2, 0.25) is 0 Å². The molecule has 0 spiro atoms. The molecule has 1 aromatic rings.